The molecule has 0 aromatic heterocycles. The van der Waals surface area contributed by atoms with E-state index in [1.54, 1.807) is 19.2 Å². The molecule has 0 bridgehead atoms. The molecule has 28 heavy (non-hydrogen) atoms. The van der Waals surface area contributed by atoms with Gasteiger partial charge in [0.2, 0.25) is 0 Å². The Labute approximate surface area is 172 Å². The molecule has 0 unspecified atom stereocenters. The molecule has 0 spiro atoms. The lowest BCUT2D eigenvalue weighted by atomic mass is 9.75. The van der Waals surface area contributed by atoms with Gasteiger partial charge in [-0.3, -0.25) is 0 Å². The van der Waals surface area contributed by atoms with E-state index in [9.17, 15) is 24.2 Å². The second kappa shape index (κ2) is 8.36. The van der Waals surface area contributed by atoms with Crippen molar-refractivity contribution in [1.82, 2.24) is 4.90 Å². The summed E-state index contributed by atoms with van der Waals surface area (Å²) >= 11 is 4.34. The van der Waals surface area contributed by atoms with Crippen molar-refractivity contribution in [3.63, 3.8) is 0 Å². The molecule has 2 aliphatic heterocycles. The molecule has 1 aromatic rings. The number of aliphatic imine (C=N–C) groups is 1. The highest BCUT2D eigenvalue weighted by atomic mass is 79.9. The minimum atomic E-state index is -1.67. The van der Waals surface area contributed by atoms with E-state index in [4.69, 9.17) is 9.47 Å². The zero-order valence-corrected chi connectivity index (χ0v) is 17.2. The van der Waals surface area contributed by atoms with Crippen LogP contribution in [0.1, 0.15) is 12.0 Å². The van der Waals surface area contributed by atoms with Crippen molar-refractivity contribution in [1.29, 1.82) is 0 Å². The maximum Gasteiger partial charge on any atom is 0.423 e. The SMILES string of the molecule is COC[C@H]1C[C@H]2CSC(N(C(=O)O)C(=O)O)=N[C@@]2(c2cc(Br)ccc2F)CO1. The van der Waals surface area contributed by atoms with Crippen LogP contribution in [-0.4, -0.2) is 64.6 Å². The molecular weight excluding hydrogens is 459 g/mol. The van der Waals surface area contributed by atoms with Gasteiger partial charge in [0.25, 0.3) is 0 Å². The monoisotopic (exact) mass is 476 g/mol. The zero-order chi connectivity index (χ0) is 20.5. The van der Waals surface area contributed by atoms with Crippen LogP contribution in [0.25, 0.3) is 0 Å². The van der Waals surface area contributed by atoms with Gasteiger partial charge in [0.05, 0.1) is 19.3 Å². The van der Waals surface area contributed by atoms with Crippen molar-refractivity contribution in [2.24, 2.45) is 10.9 Å². The number of benzene rings is 1. The molecule has 0 saturated carbocycles. The van der Waals surface area contributed by atoms with Crippen LogP contribution in [-0.2, 0) is 15.0 Å². The molecule has 8 nitrogen and oxygen atoms in total. The summed E-state index contributed by atoms with van der Waals surface area (Å²) < 4.78 is 26.4. The molecule has 1 aromatic carbocycles. The van der Waals surface area contributed by atoms with Crippen LogP contribution in [0.5, 0.6) is 0 Å². The number of thioether (sulfide) groups is 1. The number of amidine groups is 1. The molecule has 11 heteroatoms. The number of ether oxygens (including phenoxy) is 2. The number of carbonyl (C=O) groups is 2. The van der Waals surface area contributed by atoms with Gasteiger partial charge in [-0.15, -0.1) is 0 Å². The Hall–Kier alpha value is -1.69. The summed E-state index contributed by atoms with van der Waals surface area (Å²) in [5.74, 6) is -0.344. The summed E-state index contributed by atoms with van der Waals surface area (Å²) in [5.41, 5.74) is -1.00. The first-order chi connectivity index (χ1) is 13.3. The normalized spacial score (nSPS) is 26.9. The third-order valence-electron chi connectivity index (χ3n) is 4.79. The van der Waals surface area contributed by atoms with E-state index in [1.165, 1.54) is 6.07 Å². The molecular formula is C17H18BrFN2O6S. The first-order valence-corrected chi connectivity index (χ1v) is 10.1. The van der Waals surface area contributed by atoms with E-state index in [-0.39, 0.29) is 34.3 Å². The lowest BCUT2D eigenvalue weighted by molar-refractivity contribution is -0.0839. The molecule has 2 aliphatic rings. The number of imide groups is 1. The molecule has 152 valence electrons. The molecule has 2 N–H and O–H groups in total. The Morgan fingerprint density at radius 3 is 2.82 bits per heavy atom. The Morgan fingerprint density at radius 2 is 2.18 bits per heavy atom. The maximum atomic E-state index is 14.8. The molecule has 2 heterocycles. The third-order valence-corrected chi connectivity index (χ3v) is 6.39. The molecule has 1 fully saturated rings. The Morgan fingerprint density at radius 1 is 1.46 bits per heavy atom. The third kappa shape index (κ3) is 3.88. The average molecular weight is 477 g/mol. The van der Waals surface area contributed by atoms with Gasteiger partial charge in [-0.05, 0) is 24.6 Å². The molecule has 3 atom stereocenters. The van der Waals surface area contributed by atoms with Gasteiger partial charge in [0, 0.05) is 28.8 Å². The number of nitrogens with zero attached hydrogens (tertiary/aromatic N) is 2. The molecule has 0 radical (unpaired) electrons. The average Bonchev–Trinajstić information content (AvgIpc) is 2.63. The number of carboxylic acid groups (broad SMARTS) is 2. The van der Waals surface area contributed by atoms with Crippen LogP contribution in [0.3, 0.4) is 0 Å². The van der Waals surface area contributed by atoms with Crippen molar-refractivity contribution in [3.8, 4) is 0 Å². The number of hydrogen-bond acceptors (Lipinski definition) is 6. The number of hydrogen-bond donors (Lipinski definition) is 2. The predicted molar refractivity (Wildman–Crippen MR) is 103 cm³/mol. The summed E-state index contributed by atoms with van der Waals surface area (Å²) in [4.78, 5) is 27.5. The largest absolute Gasteiger partial charge is 0.464 e. The fraction of sp³-hybridized carbons (Fsp3) is 0.471. The second-order valence-electron chi connectivity index (χ2n) is 6.48. The van der Waals surface area contributed by atoms with E-state index in [0.717, 1.165) is 11.8 Å². The standard InChI is InChI=1S/C17H18BrFN2O6S/c1-26-6-11-4-9-7-28-14(21(15(22)23)16(24)25)20-17(9,8-27-11)12-5-10(18)2-3-13(12)19/h2-3,5,9,11H,4,6-8H2,1H3,(H,22,23)(H,24,25)/t9-,11+,17-/m0/s1. The van der Waals surface area contributed by atoms with E-state index in [1.807, 2.05) is 0 Å². The van der Waals surface area contributed by atoms with Gasteiger partial charge in [0.15, 0.2) is 5.17 Å². The lowest BCUT2D eigenvalue weighted by Gasteiger charge is -2.47. The Kier molecular flexibility index (Phi) is 6.28. The summed E-state index contributed by atoms with van der Waals surface area (Å²) in [7, 11) is 1.56. The van der Waals surface area contributed by atoms with Gasteiger partial charge in [-0.2, -0.15) is 4.90 Å². The summed E-state index contributed by atoms with van der Waals surface area (Å²) in [6.45, 7) is 0.349. The topological polar surface area (TPSA) is 109 Å². The first-order valence-electron chi connectivity index (χ1n) is 8.33. The van der Waals surface area contributed by atoms with Crippen LogP contribution < -0.4 is 0 Å². The summed E-state index contributed by atoms with van der Waals surface area (Å²) in [6.07, 6.45) is -3.03. The smallest absolute Gasteiger partial charge is 0.423 e. The number of methoxy groups -OCH3 is 1. The number of halogens is 2. The van der Waals surface area contributed by atoms with Gasteiger partial charge in [-0.25, -0.2) is 19.0 Å². The van der Waals surface area contributed by atoms with Crippen molar-refractivity contribution >= 4 is 45.0 Å². The van der Waals surface area contributed by atoms with Crippen molar-refractivity contribution in [2.45, 2.75) is 18.1 Å². The zero-order valence-electron chi connectivity index (χ0n) is 14.8. The highest BCUT2D eigenvalue weighted by Gasteiger charge is 2.51. The molecule has 3 rings (SSSR count). The van der Waals surface area contributed by atoms with Crippen LogP contribution in [0.15, 0.2) is 27.7 Å². The number of fused-ring (bicyclic) bond motifs is 1. The van der Waals surface area contributed by atoms with Crippen LogP contribution in [0, 0.1) is 11.7 Å². The molecule has 1 saturated heterocycles. The summed E-state index contributed by atoms with van der Waals surface area (Å²) in [5, 5.41) is 18.3. The fourth-order valence-electron chi connectivity index (χ4n) is 3.50. The van der Waals surface area contributed by atoms with Crippen LogP contribution in [0.2, 0.25) is 0 Å². The van der Waals surface area contributed by atoms with Gasteiger partial charge in [-0.1, -0.05) is 27.7 Å². The van der Waals surface area contributed by atoms with Crippen molar-refractivity contribution in [2.75, 3.05) is 26.1 Å². The van der Waals surface area contributed by atoms with Crippen LogP contribution in [0.4, 0.5) is 14.0 Å². The van der Waals surface area contributed by atoms with Crippen LogP contribution >= 0.6 is 27.7 Å². The van der Waals surface area contributed by atoms with Gasteiger partial charge in [0.1, 0.15) is 11.4 Å². The molecule has 2 amide bonds. The van der Waals surface area contributed by atoms with Crippen molar-refractivity contribution < 1.29 is 33.7 Å². The Balaban J connectivity index is 2.12. The Bertz CT molecular complexity index is 811. The number of amides is 2. The highest BCUT2D eigenvalue weighted by molar-refractivity contribution is 9.10. The second-order valence-corrected chi connectivity index (χ2v) is 8.38. The maximum absolute atomic E-state index is 14.8. The summed E-state index contributed by atoms with van der Waals surface area (Å²) in [6, 6.07) is 4.41. The predicted octanol–water partition coefficient (Wildman–Crippen LogP) is 3.60. The highest BCUT2D eigenvalue weighted by Crippen LogP contribution is 2.48. The van der Waals surface area contributed by atoms with Gasteiger partial charge >= 0.3 is 12.2 Å². The van der Waals surface area contributed by atoms with E-state index in [2.05, 4.69) is 20.9 Å². The number of rotatable bonds is 3. The van der Waals surface area contributed by atoms with Crippen molar-refractivity contribution in [3.05, 3.63) is 34.1 Å². The first kappa shape index (κ1) is 21.0. The minimum absolute atomic E-state index is 0.0177. The van der Waals surface area contributed by atoms with E-state index >= 15 is 0 Å². The lowest BCUT2D eigenvalue weighted by Crippen LogP contribution is -2.53. The van der Waals surface area contributed by atoms with Gasteiger partial charge < -0.3 is 19.7 Å². The fourth-order valence-corrected chi connectivity index (χ4v) is 5.14. The minimum Gasteiger partial charge on any atom is -0.464 e. The van der Waals surface area contributed by atoms with E-state index < -0.39 is 23.5 Å². The molecule has 0 aliphatic carbocycles. The quantitative estimate of drug-likeness (QED) is 0.685. The van der Waals surface area contributed by atoms with E-state index in [0.29, 0.717) is 23.3 Å².